The number of hydrogen-bond acceptors (Lipinski definition) is 4. The van der Waals surface area contributed by atoms with Gasteiger partial charge in [-0.2, -0.15) is 0 Å². The Morgan fingerprint density at radius 2 is 1.58 bits per heavy atom. The topological polar surface area (TPSA) is 79.5 Å². The lowest BCUT2D eigenvalue weighted by atomic mass is 10.2. The van der Waals surface area contributed by atoms with Gasteiger partial charge >= 0.3 is 0 Å². The van der Waals surface area contributed by atoms with Crippen LogP contribution in [0.4, 0.5) is 17.1 Å². The van der Waals surface area contributed by atoms with Crippen LogP contribution in [0.3, 0.4) is 0 Å². The number of hydrogen-bond donors (Lipinski definition) is 3. The molecule has 24 heavy (non-hydrogen) atoms. The highest BCUT2D eigenvalue weighted by molar-refractivity contribution is 5.97. The molecule has 6 nitrogen and oxygen atoms in total. The number of nitrogens with one attached hydrogen (secondary N) is 3. The number of rotatable bonds is 6. The van der Waals surface area contributed by atoms with Crippen LogP contribution in [0.25, 0.3) is 0 Å². The Morgan fingerprint density at radius 1 is 0.958 bits per heavy atom. The Kier molecular flexibility index (Phi) is 5.78. The summed E-state index contributed by atoms with van der Waals surface area (Å²) >= 11 is 0. The Hall–Kier alpha value is -3.02. The lowest BCUT2D eigenvalue weighted by molar-refractivity contribution is -0.116. The Balaban J connectivity index is 1.97. The maximum absolute atomic E-state index is 12.3. The van der Waals surface area contributed by atoms with E-state index >= 15 is 0 Å². The van der Waals surface area contributed by atoms with Crippen molar-refractivity contribution in [3.63, 3.8) is 0 Å². The van der Waals surface area contributed by atoms with Crippen molar-refractivity contribution in [2.24, 2.45) is 0 Å². The first kappa shape index (κ1) is 17.3. The molecule has 0 aliphatic rings. The molecule has 0 aliphatic carbocycles. The van der Waals surface area contributed by atoms with Crippen molar-refractivity contribution >= 4 is 28.9 Å². The Labute approximate surface area is 141 Å². The van der Waals surface area contributed by atoms with E-state index in [4.69, 9.17) is 4.74 Å². The van der Waals surface area contributed by atoms with Gasteiger partial charge in [0.2, 0.25) is 11.8 Å². The van der Waals surface area contributed by atoms with Gasteiger partial charge in [0.15, 0.2) is 0 Å². The van der Waals surface area contributed by atoms with Gasteiger partial charge in [0.25, 0.3) is 0 Å². The summed E-state index contributed by atoms with van der Waals surface area (Å²) in [5.74, 6) is 0.309. The van der Waals surface area contributed by atoms with Crippen LogP contribution in [-0.4, -0.2) is 25.0 Å². The molecule has 2 aromatic rings. The third kappa shape index (κ3) is 4.74. The monoisotopic (exact) mass is 327 g/mol. The smallest absolute Gasteiger partial charge is 0.246 e. The first-order chi connectivity index (χ1) is 11.5. The number of ether oxygens (including phenoxy) is 1. The summed E-state index contributed by atoms with van der Waals surface area (Å²) in [6, 6.07) is 13.9. The van der Waals surface area contributed by atoms with Crippen LogP contribution in [-0.2, 0) is 9.59 Å². The van der Waals surface area contributed by atoms with E-state index in [1.165, 1.54) is 6.92 Å². The van der Waals surface area contributed by atoms with Crippen LogP contribution in [0.15, 0.2) is 48.5 Å². The molecule has 0 saturated carbocycles. The normalized spacial score (nSPS) is 11.3. The molecule has 0 radical (unpaired) electrons. The third-order valence-electron chi connectivity index (χ3n) is 3.35. The summed E-state index contributed by atoms with van der Waals surface area (Å²) in [6.45, 7) is 3.23. The molecular formula is C18H21N3O3. The summed E-state index contributed by atoms with van der Waals surface area (Å²) in [6.07, 6.45) is 0. The number of carbonyl (C=O) groups is 2. The summed E-state index contributed by atoms with van der Waals surface area (Å²) in [5, 5.41) is 8.64. The molecule has 2 amide bonds. The van der Waals surface area contributed by atoms with Crippen molar-refractivity contribution < 1.29 is 14.3 Å². The van der Waals surface area contributed by atoms with Crippen LogP contribution < -0.4 is 20.7 Å². The van der Waals surface area contributed by atoms with Crippen molar-refractivity contribution in [3.05, 3.63) is 48.5 Å². The van der Waals surface area contributed by atoms with E-state index in [1.54, 1.807) is 50.4 Å². The fourth-order valence-corrected chi connectivity index (χ4v) is 2.16. The second-order valence-corrected chi connectivity index (χ2v) is 5.31. The third-order valence-corrected chi connectivity index (χ3v) is 3.35. The zero-order valence-corrected chi connectivity index (χ0v) is 13.9. The van der Waals surface area contributed by atoms with Gasteiger partial charge in [0, 0.05) is 18.3 Å². The number of amides is 2. The molecule has 1 atom stereocenters. The fraction of sp³-hybridized carbons (Fsp3) is 0.222. The number of carbonyl (C=O) groups excluding carboxylic acids is 2. The van der Waals surface area contributed by atoms with Crippen molar-refractivity contribution in [3.8, 4) is 5.75 Å². The molecule has 3 N–H and O–H groups in total. The molecule has 0 saturated heterocycles. The van der Waals surface area contributed by atoms with Gasteiger partial charge in [-0.1, -0.05) is 12.1 Å². The standard InChI is InChI=1S/C18H21N3O3/c1-12(18(23)21-16-6-4-5-7-17(16)24-3)19-14-8-10-15(11-9-14)20-13(2)22/h4-12,19H,1-3H3,(H,20,22)(H,21,23). The lowest BCUT2D eigenvalue weighted by Crippen LogP contribution is -2.31. The Morgan fingerprint density at radius 3 is 2.21 bits per heavy atom. The van der Waals surface area contributed by atoms with Crippen LogP contribution >= 0.6 is 0 Å². The molecular weight excluding hydrogens is 306 g/mol. The predicted molar refractivity (Wildman–Crippen MR) is 95.5 cm³/mol. The molecule has 0 aromatic heterocycles. The minimum absolute atomic E-state index is 0.125. The highest BCUT2D eigenvalue weighted by Crippen LogP contribution is 2.23. The van der Waals surface area contributed by atoms with Gasteiger partial charge in [0.05, 0.1) is 12.8 Å². The maximum atomic E-state index is 12.3. The van der Waals surface area contributed by atoms with Crippen LogP contribution in [0, 0.1) is 0 Å². The summed E-state index contributed by atoms with van der Waals surface area (Å²) in [4.78, 5) is 23.3. The zero-order chi connectivity index (χ0) is 17.5. The van der Waals surface area contributed by atoms with Gasteiger partial charge in [-0.05, 0) is 43.3 Å². The second-order valence-electron chi connectivity index (χ2n) is 5.31. The van der Waals surface area contributed by atoms with Gasteiger partial charge in [-0.3, -0.25) is 9.59 Å². The molecule has 2 rings (SSSR count). The van der Waals surface area contributed by atoms with E-state index in [1.807, 2.05) is 12.1 Å². The van der Waals surface area contributed by atoms with E-state index in [9.17, 15) is 9.59 Å². The van der Waals surface area contributed by atoms with Gasteiger partial charge in [-0.25, -0.2) is 0 Å². The van der Waals surface area contributed by atoms with Gasteiger partial charge < -0.3 is 20.7 Å². The molecule has 0 bridgehead atoms. The van der Waals surface area contributed by atoms with Crippen LogP contribution in [0.1, 0.15) is 13.8 Å². The molecule has 6 heteroatoms. The first-order valence-corrected chi connectivity index (χ1v) is 7.57. The van der Waals surface area contributed by atoms with Crippen molar-refractivity contribution in [2.75, 3.05) is 23.1 Å². The Bertz CT molecular complexity index is 714. The largest absolute Gasteiger partial charge is 0.495 e. The molecule has 126 valence electrons. The minimum atomic E-state index is -0.443. The summed E-state index contributed by atoms with van der Waals surface area (Å²) < 4.78 is 5.22. The minimum Gasteiger partial charge on any atom is -0.495 e. The van der Waals surface area contributed by atoms with Gasteiger partial charge in [-0.15, -0.1) is 0 Å². The first-order valence-electron chi connectivity index (χ1n) is 7.57. The zero-order valence-electron chi connectivity index (χ0n) is 13.9. The average Bonchev–Trinajstić information content (AvgIpc) is 2.56. The molecule has 0 spiro atoms. The van der Waals surface area contributed by atoms with E-state index < -0.39 is 6.04 Å². The molecule has 0 fully saturated rings. The highest BCUT2D eigenvalue weighted by Gasteiger charge is 2.14. The van der Waals surface area contributed by atoms with E-state index in [2.05, 4.69) is 16.0 Å². The molecule has 0 heterocycles. The summed E-state index contributed by atoms with van der Waals surface area (Å²) in [7, 11) is 1.56. The van der Waals surface area contributed by atoms with Gasteiger partial charge in [0.1, 0.15) is 11.8 Å². The van der Waals surface area contributed by atoms with E-state index in [0.29, 0.717) is 17.1 Å². The van der Waals surface area contributed by atoms with E-state index in [0.717, 1.165) is 5.69 Å². The van der Waals surface area contributed by atoms with Crippen LogP contribution in [0.5, 0.6) is 5.75 Å². The molecule has 1 unspecified atom stereocenters. The number of anilines is 3. The fourth-order valence-electron chi connectivity index (χ4n) is 2.16. The quantitative estimate of drug-likeness (QED) is 0.762. The number of methoxy groups -OCH3 is 1. The van der Waals surface area contributed by atoms with Crippen LogP contribution in [0.2, 0.25) is 0 Å². The highest BCUT2D eigenvalue weighted by atomic mass is 16.5. The molecule has 0 aliphatic heterocycles. The predicted octanol–water partition coefficient (Wildman–Crippen LogP) is 3.09. The SMILES string of the molecule is COc1ccccc1NC(=O)C(C)Nc1ccc(NC(C)=O)cc1. The lowest BCUT2D eigenvalue weighted by Gasteiger charge is -2.17. The maximum Gasteiger partial charge on any atom is 0.246 e. The second kappa shape index (κ2) is 8.01. The number of benzene rings is 2. The van der Waals surface area contributed by atoms with Crippen molar-refractivity contribution in [1.82, 2.24) is 0 Å². The van der Waals surface area contributed by atoms with Crippen molar-refractivity contribution in [1.29, 1.82) is 0 Å². The summed E-state index contributed by atoms with van der Waals surface area (Å²) in [5.41, 5.74) is 2.12. The molecule has 2 aromatic carbocycles. The van der Waals surface area contributed by atoms with Crippen molar-refractivity contribution in [2.45, 2.75) is 19.9 Å². The average molecular weight is 327 g/mol. The van der Waals surface area contributed by atoms with E-state index in [-0.39, 0.29) is 11.8 Å². The number of para-hydroxylation sites is 2.